The fourth-order valence-corrected chi connectivity index (χ4v) is 3.44. The Hall–Kier alpha value is -4.12. The van der Waals surface area contributed by atoms with Crippen LogP contribution in [0.1, 0.15) is 23.6 Å². The topological polar surface area (TPSA) is 59.9 Å². The van der Waals surface area contributed by atoms with Crippen molar-refractivity contribution in [2.24, 2.45) is 5.10 Å². The predicted octanol–water partition coefficient (Wildman–Crippen LogP) is 5.51. The summed E-state index contributed by atoms with van der Waals surface area (Å²) in [6.45, 7) is 2.42. The van der Waals surface area contributed by atoms with Crippen molar-refractivity contribution in [1.29, 1.82) is 0 Å². The maximum atomic E-state index is 12.2. The molecular weight excluding hydrogens is 412 g/mol. The van der Waals surface area contributed by atoms with Gasteiger partial charge in [-0.05, 0) is 46.5 Å². The van der Waals surface area contributed by atoms with E-state index in [9.17, 15) is 4.79 Å². The van der Waals surface area contributed by atoms with Crippen molar-refractivity contribution in [1.82, 2.24) is 5.43 Å². The molecule has 0 radical (unpaired) electrons. The molecule has 0 aliphatic carbocycles. The van der Waals surface area contributed by atoms with Gasteiger partial charge >= 0.3 is 0 Å². The van der Waals surface area contributed by atoms with Gasteiger partial charge in [0.05, 0.1) is 6.21 Å². The number of hydrazone groups is 1. The molecule has 0 atom stereocenters. The molecule has 0 heterocycles. The highest BCUT2D eigenvalue weighted by Crippen LogP contribution is 2.27. The van der Waals surface area contributed by atoms with E-state index in [0.29, 0.717) is 18.1 Å². The summed E-state index contributed by atoms with van der Waals surface area (Å²) in [5.74, 6) is 1.01. The average Bonchev–Trinajstić information content (AvgIpc) is 2.87. The van der Waals surface area contributed by atoms with Gasteiger partial charge in [0, 0.05) is 5.56 Å². The lowest BCUT2D eigenvalue weighted by atomic mass is 10.0. The quantitative estimate of drug-likeness (QED) is 0.277. The SMILES string of the molecule is CCc1ccc(OCC(=O)N/N=C/c2c(OCc3ccccc3)ccc3ccccc23)cc1. The van der Waals surface area contributed by atoms with Gasteiger partial charge in [-0.3, -0.25) is 4.79 Å². The van der Waals surface area contributed by atoms with E-state index < -0.39 is 0 Å². The van der Waals surface area contributed by atoms with Crippen molar-refractivity contribution in [3.05, 3.63) is 108 Å². The fraction of sp³-hybridized carbons (Fsp3) is 0.143. The Morgan fingerprint density at radius 1 is 0.848 bits per heavy atom. The first-order valence-corrected chi connectivity index (χ1v) is 10.9. The second-order valence-electron chi connectivity index (χ2n) is 7.55. The van der Waals surface area contributed by atoms with E-state index in [1.165, 1.54) is 5.56 Å². The highest BCUT2D eigenvalue weighted by molar-refractivity contribution is 6.02. The molecule has 0 fully saturated rings. The van der Waals surface area contributed by atoms with Crippen LogP contribution < -0.4 is 14.9 Å². The molecule has 5 nitrogen and oxygen atoms in total. The van der Waals surface area contributed by atoms with E-state index in [4.69, 9.17) is 9.47 Å². The van der Waals surface area contributed by atoms with E-state index in [0.717, 1.165) is 28.3 Å². The highest BCUT2D eigenvalue weighted by Gasteiger charge is 2.08. The summed E-state index contributed by atoms with van der Waals surface area (Å²) in [6.07, 6.45) is 2.58. The lowest BCUT2D eigenvalue weighted by Gasteiger charge is -2.12. The lowest BCUT2D eigenvalue weighted by molar-refractivity contribution is -0.123. The van der Waals surface area contributed by atoms with Gasteiger partial charge in [-0.15, -0.1) is 0 Å². The summed E-state index contributed by atoms with van der Waals surface area (Å²) in [5.41, 5.74) is 5.64. The molecule has 4 rings (SSSR count). The van der Waals surface area contributed by atoms with Crippen LogP contribution in [0.3, 0.4) is 0 Å². The third kappa shape index (κ3) is 5.98. The first-order chi connectivity index (χ1) is 16.2. The second kappa shape index (κ2) is 11.0. The molecule has 0 bridgehead atoms. The number of carbonyl (C=O) groups excluding carboxylic acids is 1. The van der Waals surface area contributed by atoms with Gasteiger partial charge < -0.3 is 9.47 Å². The molecule has 0 saturated carbocycles. The Bertz CT molecular complexity index is 1240. The van der Waals surface area contributed by atoms with Gasteiger partial charge in [-0.2, -0.15) is 5.10 Å². The van der Waals surface area contributed by atoms with Crippen LogP contribution in [-0.4, -0.2) is 18.7 Å². The van der Waals surface area contributed by atoms with Crippen LogP contribution in [0.25, 0.3) is 10.8 Å². The van der Waals surface area contributed by atoms with Crippen molar-refractivity contribution in [3.8, 4) is 11.5 Å². The minimum atomic E-state index is -0.335. The van der Waals surface area contributed by atoms with Gasteiger partial charge in [-0.1, -0.05) is 79.7 Å². The van der Waals surface area contributed by atoms with Crippen molar-refractivity contribution in [2.45, 2.75) is 20.0 Å². The number of carbonyl (C=O) groups is 1. The molecule has 0 spiro atoms. The number of ether oxygens (including phenoxy) is 2. The molecular formula is C28H26N2O3. The third-order valence-electron chi connectivity index (χ3n) is 5.25. The molecule has 0 aromatic heterocycles. The van der Waals surface area contributed by atoms with Gasteiger partial charge in [0.2, 0.25) is 0 Å². The van der Waals surface area contributed by atoms with Crippen LogP contribution >= 0.6 is 0 Å². The fourth-order valence-electron chi connectivity index (χ4n) is 3.44. The molecule has 0 aliphatic heterocycles. The first-order valence-electron chi connectivity index (χ1n) is 10.9. The average molecular weight is 439 g/mol. The Morgan fingerprint density at radius 2 is 1.61 bits per heavy atom. The minimum absolute atomic E-state index is 0.115. The summed E-state index contributed by atoms with van der Waals surface area (Å²) < 4.78 is 11.6. The molecule has 5 heteroatoms. The van der Waals surface area contributed by atoms with E-state index in [1.807, 2.05) is 91.0 Å². The molecule has 4 aromatic rings. The summed E-state index contributed by atoms with van der Waals surface area (Å²) in [7, 11) is 0. The number of amides is 1. The number of nitrogens with one attached hydrogen (secondary N) is 1. The lowest BCUT2D eigenvalue weighted by Crippen LogP contribution is -2.24. The molecule has 0 aliphatic rings. The van der Waals surface area contributed by atoms with Crippen molar-refractivity contribution >= 4 is 22.9 Å². The summed E-state index contributed by atoms with van der Waals surface area (Å²) >= 11 is 0. The Morgan fingerprint density at radius 3 is 2.39 bits per heavy atom. The molecule has 166 valence electrons. The molecule has 0 unspecified atom stereocenters. The molecule has 1 amide bonds. The highest BCUT2D eigenvalue weighted by atomic mass is 16.5. The Kier molecular flexibility index (Phi) is 7.33. The standard InChI is InChI=1S/C28H26N2O3/c1-2-21-12-15-24(16-13-21)32-20-28(31)30-29-18-26-25-11-7-6-10-23(25)14-17-27(26)33-19-22-8-4-3-5-9-22/h3-18H,2,19-20H2,1H3,(H,30,31)/b29-18+. The molecule has 1 N–H and O–H groups in total. The third-order valence-corrected chi connectivity index (χ3v) is 5.25. The second-order valence-corrected chi connectivity index (χ2v) is 7.55. The normalized spacial score (nSPS) is 10.9. The first kappa shape index (κ1) is 22.1. The van der Waals surface area contributed by atoms with Crippen LogP contribution in [0, 0.1) is 0 Å². The minimum Gasteiger partial charge on any atom is -0.488 e. The predicted molar refractivity (Wildman–Crippen MR) is 132 cm³/mol. The van der Waals surface area contributed by atoms with Crippen LogP contribution in [0.5, 0.6) is 11.5 Å². The summed E-state index contributed by atoms with van der Waals surface area (Å²) in [5, 5.41) is 6.22. The molecule has 33 heavy (non-hydrogen) atoms. The Balaban J connectivity index is 1.43. The zero-order valence-electron chi connectivity index (χ0n) is 18.5. The van der Waals surface area contributed by atoms with Gasteiger partial charge in [0.15, 0.2) is 6.61 Å². The van der Waals surface area contributed by atoms with Gasteiger partial charge in [0.1, 0.15) is 18.1 Å². The monoisotopic (exact) mass is 438 g/mol. The zero-order valence-corrected chi connectivity index (χ0v) is 18.5. The maximum Gasteiger partial charge on any atom is 0.277 e. The van der Waals surface area contributed by atoms with E-state index in [-0.39, 0.29) is 12.5 Å². The molecule has 4 aromatic carbocycles. The van der Waals surface area contributed by atoms with Crippen molar-refractivity contribution in [2.75, 3.05) is 6.61 Å². The maximum absolute atomic E-state index is 12.2. The number of fused-ring (bicyclic) bond motifs is 1. The van der Waals surface area contributed by atoms with Gasteiger partial charge in [0.25, 0.3) is 5.91 Å². The van der Waals surface area contributed by atoms with Crippen LogP contribution in [0.4, 0.5) is 0 Å². The van der Waals surface area contributed by atoms with E-state index in [2.05, 4.69) is 17.5 Å². The largest absolute Gasteiger partial charge is 0.488 e. The smallest absolute Gasteiger partial charge is 0.277 e. The number of hydrogen-bond acceptors (Lipinski definition) is 4. The van der Waals surface area contributed by atoms with Crippen LogP contribution in [-0.2, 0) is 17.8 Å². The number of nitrogens with zero attached hydrogens (tertiary/aromatic N) is 1. The summed E-state index contributed by atoms with van der Waals surface area (Å²) in [6, 6.07) is 29.6. The number of benzene rings is 4. The number of aryl methyl sites for hydroxylation is 1. The van der Waals surface area contributed by atoms with Gasteiger partial charge in [-0.25, -0.2) is 5.43 Å². The number of hydrogen-bond donors (Lipinski definition) is 1. The van der Waals surface area contributed by atoms with Crippen molar-refractivity contribution in [3.63, 3.8) is 0 Å². The van der Waals surface area contributed by atoms with E-state index >= 15 is 0 Å². The molecule has 0 saturated heterocycles. The van der Waals surface area contributed by atoms with Crippen molar-refractivity contribution < 1.29 is 14.3 Å². The van der Waals surface area contributed by atoms with Crippen LogP contribution in [0.15, 0.2) is 96.1 Å². The van der Waals surface area contributed by atoms with E-state index in [1.54, 1.807) is 6.21 Å². The number of rotatable bonds is 9. The zero-order chi connectivity index (χ0) is 22.9. The van der Waals surface area contributed by atoms with Crippen LogP contribution in [0.2, 0.25) is 0 Å². The Labute approximate surface area is 193 Å². The summed E-state index contributed by atoms with van der Waals surface area (Å²) in [4.78, 5) is 12.2.